The molecule has 1 aliphatic rings. The second-order valence-corrected chi connectivity index (χ2v) is 3.77. The van der Waals surface area contributed by atoms with Crippen LogP contribution in [0.5, 0.6) is 0 Å². The van der Waals surface area contributed by atoms with Gasteiger partial charge in [0.25, 0.3) is 0 Å². The van der Waals surface area contributed by atoms with Gasteiger partial charge in [-0.05, 0) is 35.3 Å². The first-order valence-corrected chi connectivity index (χ1v) is 4.96. The molecule has 1 aromatic heterocycles. The van der Waals surface area contributed by atoms with Crippen molar-refractivity contribution >= 4 is 22.2 Å². The average molecular weight is 245 g/mol. The van der Waals surface area contributed by atoms with Crippen LogP contribution in [0.3, 0.4) is 0 Å². The zero-order valence-electron chi connectivity index (χ0n) is 6.92. The van der Waals surface area contributed by atoms with Crippen LogP contribution in [-0.2, 0) is 0 Å². The van der Waals surface area contributed by atoms with Crippen molar-refractivity contribution in [1.82, 2.24) is 10.5 Å². The summed E-state index contributed by atoms with van der Waals surface area (Å²) < 4.78 is 5.57. The molecular weight excluding hydrogens is 236 g/mol. The van der Waals surface area contributed by atoms with Gasteiger partial charge in [0.15, 0.2) is 16.6 Å². The van der Waals surface area contributed by atoms with Crippen molar-refractivity contribution in [2.45, 2.75) is 18.9 Å². The first kappa shape index (κ1) is 8.90. The van der Waals surface area contributed by atoms with Gasteiger partial charge in [-0.15, -0.1) is 0 Å². The number of carbonyl (C=O) groups is 1. The molecule has 0 saturated carbocycles. The zero-order chi connectivity index (χ0) is 9.26. The van der Waals surface area contributed by atoms with Gasteiger partial charge in [-0.1, -0.05) is 5.16 Å². The monoisotopic (exact) mass is 244 g/mol. The maximum Gasteiger partial charge on any atom is 0.165 e. The van der Waals surface area contributed by atoms with Gasteiger partial charge in [-0.3, -0.25) is 4.79 Å². The Labute approximate surface area is 83.8 Å². The lowest BCUT2D eigenvalue weighted by Gasteiger charge is -2.04. The summed E-state index contributed by atoms with van der Waals surface area (Å²) in [6.07, 6.45) is 2.89. The molecule has 1 atom stereocenters. The second-order valence-electron chi connectivity index (χ2n) is 3.02. The maximum atomic E-state index is 10.7. The Hall–Kier alpha value is -0.680. The summed E-state index contributed by atoms with van der Waals surface area (Å²) in [6.45, 7) is 0.973. The van der Waals surface area contributed by atoms with Crippen molar-refractivity contribution in [3.63, 3.8) is 0 Å². The van der Waals surface area contributed by atoms with Gasteiger partial charge in [0, 0.05) is 0 Å². The van der Waals surface area contributed by atoms with Crippen LogP contribution in [0, 0.1) is 0 Å². The molecule has 13 heavy (non-hydrogen) atoms. The molecule has 5 heteroatoms. The summed E-state index contributed by atoms with van der Waals surface area (Å²) >= 11 is 3.16. The lowest BCUT2D eigenvalue weighted by atomic mass is 10.1. The van der Waals surface area contributed by atoms with Crippen LogP contribution in [0.25, 0.3) is 0 Å². The minimum atomic E-state index is 0.152. The molecule has 2 heterocycles. The van der Waals surface area contributed by atoms with Crippen LogP contribution in [0.2, 0.25) is 0 Å². The minimum Gasteiger partial charge on any atom is -0.358 e. The molecule has 2 rings (SSSR count). The molecule has 1 aromatic rings. The number of aromatic nitrogens is 1. The summed E-state index contributed by atoms with van der Waals surface area (Å²) in [6, 6.07) is 0.152. The molecule has 1 unspecified atom stereocenters. The lowest BCUT2D eigenvalue weighted by molar-refractivity contribution is 0.112. The highest BCUT2D eigenvalue weighted by molar-refractivity contribution is 9.10. The third kappa shape index (κ3) is 1.53. The van der Waals surface area contributed by atoms with Gasteiger partial charge >= 0.3 is 0 Å². The molecule has 0 amide bonds. The Bertz CT molecular complexity index is 318. The van der Waals surface area contributed by atoms with E-state index in [4.69, 9.17) is 4.52 Å². The van der Waals surface area contributed by atoms with Gasteiger partial charge in [0.05, 0.1) is 11.6 Å². The smallest absolute Gasteiger partial charge is 0.165 e. The minimum absolute atomic E-state index is 0.152. The highest BCUT2D eigenvalue weighted by Gasteiger charge is 2.25. The number of rotatable bonds is 2. The van der Waals surface area contributed by atoms with Crippen molar-refractivity contribution in [3.05, 3.63) is 15.9 Å². The van der Waals surface area contributed by atoms with Gasteiger partial charge < -0.3 is 9.84 Å². The topological polar surface area (TPSA) is 55.1 Å². The van der Waals surface area contributed by atoms with Crippen molar-refractivity contribution in [3.8, 4) is 0 Å². The summed E-state index contributed by atoms with van der Waals surface area (Å²) in [5, 5.41) is 6.95. The van der Waals surface area contributed by atoms with E-state index in [0.29, 0.717) is 15.9 Å². The molecule has 1 fully saturated rings. The third-order valence-corrected chi connectivity index (χ3v) is 2.78. The van der Waals surface area contributed by atoms with Crippen molar-refractivity contribution in [2.24, 2.45) is 0 Å². The number of halogens is 1. The summed E-state index contributed by atoms with van der Waals surface area (Å²) in [4.78, 5) is 10.7. The molecule has 1 saturated heterocycles. The van der Waals surface area contributed by atoms with E-state index < -0.39 is 0 Å². The fourth-order valence-corrected chi connectivity index (χ4v) is 1.92. The Morgan fingerprint density at radius 2 is 2.54 bits per heavy atom. The first-order chi connectivity index (χ1) is 6.33. The number of nitrogens with one attached hydrogen (secondary N) is 1. The predicted octanol–water partition coefficient (Wildman–Crippen LogP) is 1.67. The lowest BCUT2D eigenvalue weighted by Crippen LogP contribution is -2.13. The van der Waals surface area contributed by atoms with Crippen LogP contribution in [0.15, 0.2) is 9.13 Å². The third-order valence-electron chi connectivity index (χ3n) is 2.21. The molecule has 0 bridgehead atoms. The number of aldehydes is 1. The van der Waals surface area contributed by atoms with Crippen LogP contribution in [0.1, 0.15) is 35.0 Å². The Kier molecular flexibility index (Phi) is 2.46. The van der Waals surface area contributed by atoms with Gasteiger partial charge in [-0.25, -0.2) is 0 Å². The molecule has 70 valence electrons. The van der Waals surface area contributed by atoms with Crippen molar-refractivity contribution in [2.75, 3.05) is 6.54 Å². The first-order valence-electron chi connectivity index (χ1n) is 4.16. The molecular formula is C8H9BrN2O2. The largest absolute Gasteiger partial charge is 0.358 e. The van der Waals surface area contributed by atoms with E-state index in [2.05, 4.69) is 26.4 Å². The Morgan fingerprint density at radius 1 is 1.69 bits per heavy atom. The SMILES string of the molecule is O=Cc1c(Br)noc1C1CCCN1. The Balaban J connectivity index is 2.32. The number of hydrogen-bond donors (Lipinski definition) is 1. The summed E-state index contributed by atoms with van der Waals surface area (Å²) in [5.74, 6) is 0.652. The fourth-order valence-electron chi connectivity index (χ4n) is 1.56. The van der Waals surface area contributed by atoms with Crippen molar-refractivity contribution in [1.29, 1.82) is 0 Å². The van der Waals surface area contributed by atoms with E-state index in [0.717, 1.165) is 25.7 Å². The van der Waals surface area contributed by atoms with Crippen molar-refractivity contribution < 1.29 is 9.32 Å². The molecule has 0 spiro atoms. The fraction of sp³-hybridized carbons (Fsp3) is 0.500. The van der Waals surface area contributed by atoms with Crippen LogP contribution in [-0.4, -0.2) is 18.0 Å². The molecule has 0 radical (unpaired) electrons. The van der Waals surface area contributed by atoms with Gasteiger partial charge in [0.2, 0.25) is 0 Å². The van der Waals surface area contributed by atoms with Crippen LogP contribution in [0.4, 0.5) is 0 Å². The number of hydrogen-bond acceptors (Lipinski definition) is 4. The maximum absolute atomic E-state index is 10.7. The molecule has 0 aliphatic carbocycles. The number of carbonyl (C=O) groups excluding carboxylic acids is 1. The van der Waals surface area contributed by atoms with E-state index in [9.17, 15) is 4.79 Å². The summed E-state index contributed by atoms with van der Waals surface area (Å²) in [5.41, 5.74) is 0.527. The van der Waals surface area contributed by atoms with Gasteiger partial charge in [-0.2, -0.15) is 0 Å². The zero-order valence-corrected chi connectivity index (χ0v) is 8.50. The van der Waals surface area contributed by atoms with E-state index in [-0.39, 0.29) is 6.04 Å². The number of nitrogens with zero attached hydrogens (tertiary/aromatic N) is 1. The Morgan fingerprint density at radius 3 is 3.15 bits per heavy atom. The highest BCUT2D eigenvalue weighted by Crippen LogP contribution is 2.28. The predicted molar refractivity (Wildman–Crippen MR) is 49.6 cm³/mol. The van der Waals surface area contributed by atoms with E-state index in [1.807, 2.05) is 0 Å². The highest BCUT2D eigenvalue weighted by atomic mass is 79.9. The quantitative estimate of drug-likeness (QED) is 0.805. The van der Waals surface area contributed by atoms with Crippen LogP contribution < -0.4 is 5.32 Å². The standard InChI is InChI=1S/C8H9BrN2O2/c9-8-5(4-12)7(13-11-8)6-2-1-3-10-6/h4,6,10H,1-3H2. The summed E-state index contributed by atoms with van der Waals surface area (Å²) in [7, 11) is 0. The van der Waals surface area contributed by atoms with E-state index in [1.54, 1.807) is 0 Å². The second kappa shape index (κ2) is 3.59. The normalized spacial score (nSPS) is 22.1. The average Bonchev–Trinajstić information content (AvgIpc) is 2.71. The molecule has 4 nitrogen and oxygen atoms in total. The molecule has 1 aliphatic heterocycles. The van der Waals surface area contributed by atoms with Gasteiger partial charge in [0.1, 0.15) is 0 Å². The van der Waals surface area contributed by atoms with E-state index >= 15 is 0 Å². The van der Waals surface area contributed by atoms with E-state index in [1.165, 1.54) is 0 Å². The molecule has 0 aromatic carbocycles. The molecule has 1 N–H and O–H groups in total. The van der Waals surface area contributed by atoms with Crippen LogP contribution >= 0.6 is 15.9 Å².